The molecule has 1 aromatic rings. The van der Waals surface area contributed by atoms with Crippen LogP contribution in [0.4, 0.5) is 10.5 Å². The number of unbranched alkanes of at least 4 members (excludes halogenated alkanes) is 1. The minimum Gasteiger partial charge on any atom is -0.322 e. The number of anilines is 1. The van der Waals surface area contributed by atoms with Gasteiger partial charge < -0.3 is 10.2 Å². The standard InChI is InChI=1S/C18H29N3O/c1-3-5-6-16-7-9-17(10-8-16)19-18(22)21-14-12-20(11-4-2)13-15-21/h7-10H,3-6,11-15H2,1-2H3,(H,19,22). The van der Waals surface area contributed by atoms with Crippen LogP contribution >= 0.6 is 0 Å². The van der Waals surface area contributed by atoms with Gasteiger partial charge in [0.15, 0.2) is 0 Å². The summed E-state index contributed by atoms with van der Waals surface area (Å²) in [5.74, 6) is 0. The van der Waals surface area contributed by atoms with E-state index in [9.17, 15) is 4.79 Å². The van der Waals surface area contributed by atoms with E-state index in [1.807, 2.05) is 17.0 Å². The summed E-state index contributed by atoms with van der Waals surface area (Å²) < 4.78 is 0. The third kappa shape index (κ3) is 5.02. The molecule has 22 heavy (non-hydrogen) atoms. The van der Waals surface area contributed by atoms with Gasteiger partial charge in [-0.05, 0) is 43.5 Å². The smallest absolute Gasteiger partial charge is 0.321 e. The van der Waals surface area contributed by atoms with Crippen LogP contribution in [0.5, 0.6) is 0 Å². The molecule has 0 aliphatic carbocycles. The lowest BCUT2D eigenvalue weighted by atomic mass is 10.1. The molecule has 0 saturated carbocycles. The van der Waals surface area contributed by atoms with Crippen molar-refractivity contribution in [2.45, 2.75) is 39.5 Å². The molecule has 0 spiro atoms. The van der Waals surface area contributed by atoms with E-state index in [2.05, 4.69) is 36.2 Å². The zero-order valence-corrected chi connectivity index (χ0v) is 14.0. The molecule has 2 amide bonds. The molecule has 122 valence electrons. The monoisotopic (exact) mass is 303 g/mol. The lowest BCUT2D eigenvalue weighted by Gasteiger charge is -2.34. The number of carbonyl (C=O) groups is 1. The predicted molar refractivity (Wildman–Crippen MR) is 92.4 cm³/mol. The van der Waals surface area contributed by atoms with E-state index in [1.165, 1.54) is 24.8 Å². The van der Waals surface area contributed by atoms with Gasteiger partial charge in [0.05, 0.1) is 0 Å². The first-order chi connectivity index (χ1) is 10.7. The minimum atomic E-state index is 0.0254. The largest absolute Gasteiger partial charge is 0.322 e. The number of nitrogens with one attached hydrogen (secondary N) is 1. The Labute approximate surface area is 134 Å². The van der Waals surface area contributed by atoms with Crippen molar-refractivity contribution in [3.8, 4) is 0 Å². The molecule has 4 heteroatoms. The van der Waals surface area contributed by atoms with Crippen LogP contribution in [0.25, 0.3) is 0 Å². The average Bonchev–Trinajstić information content (AvgIpc) is 2.55. The number of urea groups is 1. The fourth-order valence-corrected chi connectivity index (χ4v) is 2.83. The Morgan fingerprint density at radius 3 is 2.32 bits per heavy atom. The fraction of sp³-hybridized carbons (Fsp3) is 0.611. The molecule has 1 aromatic carbocycles. The maximum absolute atomic E-state index is 12.3. The Morgan fingerprint density at radius 2 is 1.73 bits per heavy atom. The molecule has 4 nitrogen and oxygen atoms in total. The number of nitrogens with zero attached hydrogens (tertiary/aromatic N) is 2. The van der Waals surface area contributed by atoms with Gasteiger partial charge in [-0.25, -0.2) is 4.79 Å². The van der Waals surface area contributed by atoms with Crippen molar-refractivity contribution in [3.05, 3.63) is 29.8 Å². The summed E-state index contributed by atoms with van der Waals surface area (Å²) in [6.07, 6.45) is 4.72. The number of carbonyl (C=O) groups excluding carboxylic acids is 1. The first kappa shape index (κ1) is 16.8. The molecule has 0 radical (unpaired) electrons. The summed E-state index contributed by atoms with van der Waals surface area (Å²) in [4.78, 5) is 16.6. The van der Waals surface area contributed by atoms with Crippen molar-refractivity contribution in [3.63, 3.8) is 0 Å². The van der Waals surface area contributed by atoms with Crippen LogP contribution in [-0.4, -0.2) is 48.6 Å². The summed E-state index contributed by atoms with van der Waals surface area (Å²) in [7, 11) is 0. The Balaban J connectivity index is 1.79. The lowest BCUT2D eigenvalue weighted by molar-refractivity contribution is 0.147. The van der Waals surface area contributed by atoms with Crippen molar-refractivity contribution in [1.82, 2.24) is 9.80 Å². The van der Waals surface area contributed by atoms with Crippen molar-refractivity contribution in [1.29, 1.82) is 0 Å². The maximum Gasteiger partial charge on any atom is 0.321 e. The van der Waals surface area contributed by atoms with E-state index in [-0.39, 0.29) is 6.03 Å². The molecule has 0 aromatic heterocycles. The normalized spacial score (nSPS) is 15.8. The van der Waals surface area contributed by atoms with E-state index < -0.39 is 0 Å². The molecule has 1 saturated heterocycles. The Bertz CT molecular complexity index is 450. The summed E-state index contributed by atoms with van der Waals surface area (Å²) in [6.45, 7) is 9.14. The van der Waals surface area contributed by atoms with Gasteiger partial charge in [-0.2, -0.15) is 0 Å². The van der Waals surface area contributed by atoms with E-state index >= 15 is 0 Å². The molecular weight excluding hydrogens is 274 g/mol. The topological polar surface area (TPSA) is 35.6 Å². The van der Waals surface area contributed by atoms with Crippen molar-refractivity contribution in [2.75, 3.05) is 38.0 Å². The van der Waals surface area contributed by atoms with Crippen LogP contribution < -0.4 is 5.32 Å². The zero-order chi connectivity index (χ0) is 15.8. The van der Waals surface area contributed by atoms with Crippen molar-refractivity contribution >= 4 is 11.7 Å². The second-order valence-corrected chi connectivity index (χ2v) is 6.06. The number of hydrogen-bond donors (Lipinski definition) is 1. The van der Waals surface area contributed by atoms with E-state index in [0.29, 0.717) is 0 Å². The van der Waals surface area contributed by atoms with Crippen LogP contribution in [0.2, 0.25) is 0 Å². The van der Waals surface area contributed by atoms with E-state index in [0.717, 1.165) is 44.8 Å². The molecule has 1 N–H and O–H groups in total. The molecule has 2 rings (SSSR count). The fourth-order valence-electron chi connectivity index (χ4n) is 2.83. The van der Waals surface area contributed by atoms with Crippen molar-refractivity contribution in [2.24, 2.45) is 0 Å². The highest BCUT2D eigenvalue weighted by Gasteiger charge is 2.20. The Hall–Kier alpha value is -1.55. The molecule has 1 fully saturated rings. The number of hydrogen-bond acceptors (Lipinski definition) is 2. The Morgan fingerprint density at radius 1 is 1.05 bits per heavy atom. The molecule has 1 aliphatic rings. The lowest BCUT2D eigenvalue weighted by Crippen LogP contribution is -2.50. The molecule has 0 bridgehead atoms. The van der Waals surface area contributed by atoms with Gasteiger partial charge in [0.1, 0.15) is 0 Å². The van der Waals surface area contributed by atoms with Crippen LogP contribution in [0.3, 0.4) is 0 Å². The van der Waals surface area contributed by atoms with E-state index in [4.69, 9.17) is 0 Å². The molecule has 0 atom stereocenters. The number of benzene rings is 1. The van der Waals surface area contributed by atoms with Gasteiger partial charge in [-0.15, -0.1) is 0 Å². The van der Waals surface area contributed by atoms with Gasteiger partial charge >= 0.3 is 6.03 Å². The van der Waals surface area contributed by atoms with Gasteiger partial charge in [-0.1, -0.05) is 32.4 Å². The second kappa shape index (κ2) is 8.79. The predicted octanol–water partition coefficient (Wildman–Crippen LogP) is 3.59. The summed E-state index contributed by atoms with van der Waals surface area (Å²) >= 11 is 0. The average molecular weight is 303 g/mol. The molecule has 0 unspecified atom stereocenters. The van der Waals surface area contributed by atoms with Gasteiger partial charge in [0.2, 0.25) is 0 Å². The van der Waals surface area contributed by atoms with Crippen LogP contribution in [-0.2, 0) is 6.42 Å². The van der Waals surface area contributed by atoms with E-state index in [1.54, 1.807) is 0 Å². The number of rotatable bonds is 6. The van der Waals surface area contributed by atoms with Crippen LogP contribution in [0, 0.1) is 0 Å². The Kier molecular flexibility index (Phi) is 6.72. The van der Waals surface area contributed by atoms with Gasteiger partial charge in [0.25, 0.3) is 0 Å². The van der Waals surface area contributed by atoms with Gasteiger partial charge in [-0.3, -0.25) is 4.90 Å². The third-order valence-corrected chi connectivity index (χ3v) is 4.22. The number of amides is 2. The third-order valence-electron chi connectivity index (χ3n) is 4.22. The quantitative estimate of drug-likeness (QED) is 0.871. The summed E-state index contributed by atoms with van der Waals surface area (Å²) in [5.41, 5.74) is 2.23. The second-order valence-electron chi connectivity index (χ2n) is 6.06. The van der Waals surface area contributed by atoms with Crippen LogP contribution in [0.15, 0.2) is 24.3 Å². The van der Waals surface area contributed by atoms with Crippen LogP contribution in [0.1, 0.15) is 38.7 Å². The minimum absolute atomic E-state index is 0.0254. The highest BCUT2D eigenvalue weighted by atomic mass is 16.2. The molecule has 1 heterocycles. The highest BCUT2D eigenvalue weighted by molar-refractivity contribution is 5.89. The zero-order valence-electron chi connectivity index (χ0n) is 14.0. The summed E-state index contributed by atoms with van der Waals surface area (Å²) in [6, 6.07) is 8.28. The van der Waals surface area contributed by atoms with Gasteiger partial charge in [0, 0.05) is 31.9 Å². The number of piperazine rings is 1. The number of aryl methyl sites for hydroxylation is 1. The first-order valence-electron chi connectivity index (χ1n) is 8.60. The molecular formula is C18H29N3O. The molecule has 1 aliphatic heterocycles. The van der Waals surface area contributed by atoms with Crippen molar-refractivity contribution < 1.29 is 4.79 Å². The summed E-state index contributed by atoms with van der Waals surface area (Å²) in [5, 5.41) is 3.01. The SMILES string of the molecule is CCCCc1ccc(NC(=O)N2CCN(CCC)CC2)cc1. The first-order valence-corrected chi connectivity index (χ1v) is 8.60. The maximum atomic E-state index is 12.3. The highest BCUT2D eigenvalue weighted by Crippen LogP contribution is 2.13.